The topological polar surface area (TPSA) is 18.5 Å². The summed E-state index contributed by atoms with van der Waals surface area (Å²) in [5, 5.41) is 0. The second-order valence-electron chi connectivity index (χ2n) is 8.50. The van der Waals surface area contributed by atoms with Gasteiger partial charge < -0.3 is 9.47 Å². The van der Waals surface area contributed by atoms with Gasteiger partial charge in [0.1, 0.15) is 5.76 Å². The van der Waals surface area contributed by atoms with E-state index in [0.717, 1.165) is 37.4 Å². The Kier molecular flexibility index (Phi) is 10.8. The lowest BCUT2D eigenvalue weighted by Gasteiger charge is -2.25. The summed E-state index contributed by atoms with van der Waals surface area (Å²) in [6.45, 7) is 21.2. The Bertz CT molecular complexity index is 553. The molecule has 2 heteroatoms. The number of hydrogen-bond donors (Lipinski definition) is 0. The van der Waals surface area contributed by atoms with Gasteiger partial charge in [-0.1, -0.05) is 57.6 Å². The van der Waals surface area contributed by atoms with Gasteiger partial charge in [0, 0.05) is 19.1 Å². The highest BCUT2D eigenvalue weighted by Crippen LogP contribution is 2.34. The van der Waals surface area contributed by atoms with E-state index >= 15 is 0 Å². The lowest BCUT2D eigenvalue weighted by atomic mass is 9.83. The van der Waals surface area contributed by atoms with Crippen LogP contribution in [0.25, 0.3) is 0 Å². The van der Waals surface area contributed by atoms with Gasteiger partial charge in [0.15, 0.2) is 0 Å². The van der Waals surface area contributed by atoms with Crippen LogP contribution in [0.3, 0.4) is 0 Å². The maximum atomic E-state index is 5.93. The Morgan fingerprint density at radius 2 is 1.93 bits per heavy atom. The minimum Gasteiger partial charge on any atom is -0.497 e. The first-order valence-corrected chi connectivity index (χ1v) is 10.7. The Balaban J connectivity index is 3.05. The third kappa shape index (κ3) is 8.09. The van der Waals surface area contributed by atoms with E-state index in [2.05, 4.69) is 46.9 Å². The predicted molar refractivity (Wildman–Crippen MR) is 118 cm³/mol. The largest absolute Gasteiger partial charge is 0.497 e. The van der Waals surface area contributed by atoms with Gasteiger partial charge in [-0.3, -0.25) is 0 Å². The van der Waals surface area contributed by atoms with Crippen molar-refractivity contribution in [1.82, 2.24) is 0 Å². The normalized spacial score (nSPS) is 23.3. The molecule has 0 aromatic rings. The lowest BCUT2D eigenvalue weighted by Crippen LogP contribution is -2.15. The van der Waals surface area contributed by atoms with Crippen LogP contribution in [0.15, 0.2) is 47.3 Å². The van der Waals surface area contributed by atoms with Crippen molar-refractivity contribution < 1.29 is 9.47 Å². The van der Waals surface area contributed by atoms with Gasteiger partial charge in [-0.15, -0.1) is 0 Å². The summed E-state index contributed by atoms with van der Waals surface area (Å²) in [5.41, 5.74) is 4.93. The SMILES string of the molecule is C=C(/C=C(/C)[C@H](C)/C(CC1CCC(C)COC1)=C(/OC)C(=C)C)CCCC. The van der Waals surface area contributed by atoms with E-state index in [9.17, 15) is 0 Å². The quantitative estimate of drug-likeness (QED) is 0.296. The number of unbranched alkanes of at least 4 members (excludes halogenated alkanes) is 1. The van der Waals surface area contributed by atoms with Crippen LogP contribution >= 0.6 is 0 Å². The highest BCUT2D eigenvalue weighted by Gasteiger charge is 2.24. The van der Waals surface area contributed by atoms with Crippen molar-refractivity contribution in [2.45, 2.75) is 73.1 Å². The number of hydrogen-bond acceptors (Lipinski definition) is 2. The van der Waals surface area contributed by atoms with Crippen molar-refractivity contribution in [2.75, 3.05) is 20.3 Å². The molecule has 0 saturated carbocycles. The molecule has 0 amide bonds. The average Bonchev–Trinajstić information content (AvgIpc) is 2.83. The number of methoxy groups -OCH3 is 1. The van der Waals surface area contributed by atoms with Gasteiger partial charge in [-0.05, 0) is 68.9 Å². The van der Waals surface area contributed by atoms with E-state index in [1.54, 1.807) is 7.11 Å². The van der Waals surface area contributed by atoms with Gasteiger partial charge in [0.05, 0.1) is 7.11 Å². The average molecular weight is 375 g/mol. The summed E-state index contributed by atoms with van der Waals surface area (Å²) in [4.78, 5) is 0. The summed E-state index contributed by atoms with van der Waals surface area (Å²) < 4.78 is 11.7. The van der Waals surface area contributed by atoms with Crippen LogP contribution in [0, 0.1) is 17.8 Å². The summed E-state index contributed by atoms with van der Waals surface area (Å²) in [7, 11) is 1.77. The van der Waals surface area contributed by atoms with E-state index in [4.69, 9.17) is 9.47 Å². The molecule has 1 saturated heterocycles. The lowest BCUT2D eigenvalue weighted by molar-refractivity contribution is 0.0975. The molecule has 0 aromatic carbocycles. The molecule has 1 rings (SSSR count). The first kappa shape index (κ1) is 23.8. The fourth-order valence-electron chi connectivity index (χ4n) is 3.84. The minimum absolute atomic E-state index is 0.315. The summed E-state index contributed by atoms with van der Waals surface area (Å²) in [6.07, 6.45) is 9.23. The van der Waals surface area contributed by atoms with Gasteiger partial charge >= 0.3 is 0 Å². The molecule has 2 nitrogen and oxygen atoms in total. The van der Waals surface area contributed by atoms with Gasteiger partial charge in [0.25, 0.3) is 0 Å². The van der Waals surface area contributed by atoms with Crippen LogP contribution < -0.4 is 0 Å². The smallest absolute Gasteiger partial charge is 0.120 e. The van der Waals surface area contributed by atoms with Crippen molar-refractivity contribution >= 4 is 0 Å². The van der Waals surface area contributed by atoms with Crippen molar-refractivity contribution in [3.05, 3.63) is 47.3 Å². The number of ether oxygens (including phenoxy) is 2. The number of rotatable bonds is 10. The molecular weight excluding hydrogens is 332 g/mol. The fraction of sp³-hybridized carbons (Fsp3) is 0.680. The molecule has 0 bridgehead atoms. The van der Waals surface area contributed by atoms with Crippen molar-refractivity contribution in [3.8, 4) is 0 Å². The standard InChI is InChI=1S/C25H42O2/c1-9-10-11-19(4)14-21(6)22(7)24(25(26-8)18(2)3)15-23-13-12-20(5)16-27-17-23/h14,20,22-23H,2,4,9-13,15-17H2,1,3,5-8H3/b21-14-,25-24+/t20?,22-,23?/m0/s1. The first-order chi connectivity index (χ1) is 12.8. The van der Waals surface area contributed by atoms with E-state index in [-0.39, 0.29) is 0 Å². The van der Waals surface area contributed by atoms with Crippen LogP contribution in [0.5, 0.6) is 0 Å². The minimum atomic E-state index is 0.315. The molecule has 1 aliphatic heterocycles. The van der Waals surface area contributed by atoms with Crippen molar-refractivity contribution in [2.24, 2.45) is 17.8 Å². The molecule has 2 unspecified atom stereocenters. The van der Waals surface area contributed by atoms with E-state index < -0.39 is 0 Å². The zero-order valence-corrected chi connectivity index (χ0v) is 18.7. The van der Waals surface area contributed by atoms with Crippen molar-refractivity contribution in [1.29, 1.82) is 0 Å². The predicted octanol–water partition coefficient (Wildman–Crippen LogP) is 7.24. The highest BCUT2D eigenvalue weighted by molar-refractivity contribution is 5.34. The molecule has 0 N–H and O–H groups in total. The second-order valence-corrected chi connectivity index (χ2v) is 8.50. The maximum absolute atomic E-state index is 5.93. The van der Waals surface area contributed by atoms with Gasteiger partial charge in [-0.2, -0.15) is 0 Å². The zero-order valence-electron chi connectivity index (χ0n) is 18.7. The number of allylic oxidation sites excluding steroid dienone is 5. The molecule has 1 heterocycles. The Morgan fingerprint density at radius 1 is 1.22 bits per heavy atom. The summed E-state index contributed by atoms with van der Waals surface area (Å²) in [6, 6.07) is 0. The molecule has 1 fully saturated rings. The maximum Gasteiger partial charge on any atom is 0.120 e. The Morgan fingerprint density at radius 3 is 2.52 bits per heavy atom. The van der Waals surface area contributed by atoms with E-state index in [1.807, 2.05) is 6.92 Å². The molecule has 154 valence electrons. The summed E-state index contributed by atoms with van der Waals surface area (Å²) >= 11 is 0. The third-order valence-corrected chi connectivity index (χ3v) is 5.70. The molecule has 27 heavy (non-hydrogen) atoms. The molecule has 3 atom stereocenters. The first-order valence-electron chi connectivity index (χ1n) is 10.7. The molecular formula is C25H42O2. The summed E-state index contributed by atoms with van der Waals surface area (Å²) in [5.74, 6) is 2.49. The molecule has 0 aromatic heterocycles. The van der Waals surface area contributed by atoms with Gasteiger partial charge in [-0.25, -0.2) is 0 Å². The van der Waals surface area contributed by atoms with Crippen molar-refractivity contribution in [3.63, 3.8) is 0 Å². The third-order valence-electron chi connectivity index (χ3n) is 5.70. The van der Waals surface area contributed by atoms with E-state index in [0.29, 0.717) is 17.8 Å². The van der Waals surface area contributed by atoms with Crippen LogP contribution in [-0.2, 0) is 9.47 Å². The Hall–Kier alpha value is -1.28. The zero-order chi connectivity index (χ0) is 20.4. The molecule has 0 radical (unpaired) electrons. The van der Waals surface area contributed by atoms with Gasteiger partial charge in [0.2, 0.25) is 0 Å². The Labute approximate surface area is 168 Å². The molecule has 0 aliphatic carbocycles. The molecule has 1 aliphatic rings. The monoisotopic (exact) mass is 374 g/mol. The van der Waals surface area contributed by atoms with Crippen LogP contribution in [0.2, 0.25) is 0 Å². The highest BCUT2D eigenvalue weighted by atomic mass is 16.5. The van der Waals surface area contributed by atoms with E-state index in [1.165, 1.54) is 42.4 Å². The fourth-order valence-corrected chi connectivity index (χ4v) is 3.84. The second kappa shape index (κ2) is 12.2. The van der Waals surface area contributed by atoms with Crippen LogP contribution in [0.1, 0.15) is 73.1 Å². The van der Waals surface area contributed by atoms with Crippen LogP contribution in [0.4, 0.5) is 0 Å². The molecule has 0 spiro atoms. The van der Waals surface area contributed by atoms with Crippen LogP contribution in [-0.4, -0.2) is 20.3 Å².